The second kappa shape index (κ2) is 5.04. The van der Waals surface area contributed by atoms with Gasteiger partial charge in [0.1, 0.15) is 0 Å². The molecule has 1 atom stereocenters. The Morgan fingerprint density at radius 1 is 1.54 bits per heavy atom. The highest BCUT2D eigenvalue weighted by atomic mass is 79.9. The highest BCUT2D eigenvalue weighted by Crippen LogP contribution is 2.35. The summed E-state index contributed by atoms with van der Waals surface area (Å²) in [6.45, 7) is 4.15. The fraction of sp³-hybridized carbons (Fsp3) is 0.444. The lowest BCUT2D eigenvalue weighted by molar-refractivity contribution is 0.685. The van der Waals surface area contributed by atoms with Crippen molar-refractivity contribution in [3.8, 4) is 6.07 Å². The zero-order valence-electron chi connectivity index (χ0n) is 7.45. The summed E-state index contributed by atoms with van der Waals surface area (Å²) in [6.07, 6.45) is 0. The molecule has 1 heterocycles. The van der Waals surface area contributed by atoms with Gasteiger partial charge in [0.05, 0.1) is 19.3 Å². The third kappa shape index (κ3) is 3.34. The van der Waals surface area contributed by atoms with E-state index in [-0.39, 0.29) is 5.25 Å². The lowest BCUT2D eigenvalue weighted by atomic mass is 10.1. The molecule has 70 valence electrons. The lowest BCUT2D eigenvalue weighted by Crippen LogP contribution is -2.06. The minimum atomic E-state index is 0.0607. The molecule has 0 aliphatic rings. The van der Waals surface area contributed by atoms with Crippen molar-refractivity contribution in [2.45, 2.75) is 23.3 Å². The van der Waals surface area contributed by atoms with E-state index in [0.717, 1.165) is 3.79 Å². The van der Waals surface area contributed by atoms with Crippen LogP contribution in [0.5, 0.6) is 0 Å². The maximum absolute atomic E-state index is 8.89. The van der Waals surface area contributed by atoms with E-state index in [1.807, 2.05) is 12.1 Å². The minimum absolute atomic E-state index is 0.0607. The molecule has 0 spiro atoms. The maximum Gasteiger partial charge on any atom is 0.0994 e. The number of hydrogen-bond donors (Lipinski definition) is 0. The van der Waals surface area contributed by atoms with Gasteiger partial charge in [-0.15, -0.1) is 11.3 Å². The molecule has 0 bridgehead atoms. The summed E-state index contributed by atoms with van der Waals surface area (Å²) in [5.74, 6) is 0.399. The maximum atomic E-state index is 8.89. The summed E-state index contributed by atoms with van der Waals surface area (Å²) in [7, 11) is 0. The first-order chi connectivity index (χ1) is 6.13. The molecule has 1 aromatic heterocycles. The summed E-state index contributed by atoms with van der Waals surface area (Å²) in [6, 6.07) is 6.38. The van der Waals surface area contributed by atoms with Gasteiger partial charge in [0.25, 0.3) is 0 Å². The molecule has 1 aromatic rings. The van der Waals surface area contributed by atoms with Crippen LogP contribution in [0, 0.1) is 17.2 Å². The monoisotopic (exact) mass is 275 g/mol. The van der Waals surface area contributed by atoms with Crippen molar-refractivity contribution in [2.24, 2.45) is 5.92 Å². The van der Waals surface area contributed by atoms with Gasteiger partial charge in [-0.1, -0.05) is 25.6 Å². The quantitative estimate of drug-likeness (QED) is 0.774. The van der Waals surface area contributed by atoms with Gasteiger partial charge in [-0.25, -0.2) is 0 Å². The molecule has 1 nitrogen and oxygen atoms in total. The van der Waals surface area contributed by atoms with Gasteiger partial charge in [-0.3, -0.25) is 0 Å². The highest BCUT2D eigenvalue weighted by Gasteiger charge is 2.14. The van der Waals surface area contributed by atoms with Crippen LogP contribution in [0.25, 0.3) is 0 Å². The van der Waals surface area contributed by atoms with E-state index in [2.05, 4.69) is 35.8 Å². The Kier molecular flexibility index (Phi) is 4.30. The Bertz CT molecular complexity index is 314. The van der Waals surface area contributed by atoms with E-state index in [1.54, 1.807) is 23.1 Å². The van der Waals surface area contributed by atoms with Crippen molar-refractivity contribution >= 4 is 39.0 Å². The highest BCUT2D eigenvalue weighted by molar-refractivity contribution is 9.11. The normalized spacial score (nSPS) is 12.8. The predicted octanol–water partition coefficient (Wildman–Crippen LogP) is 4.15. The second-order valence-corrected chi connectivity index (χ2v) is 6.87. The largest absolute Gasteiger partial charge is 0.197 e. The molecule has 1 rings (SSSR count). The van der Waals surface area contributed by atoms with E-state index >= 15 is 0 Å². The first-order valence-corrected chi connectivity index (χ1v) is 6.44. The van der Waals surface area contributed by atoms with E-state index in [1.165, 1.54) is 4.21 Å². The Morgan fingerprint density at radius 3 is 2.62 bits per heavy atom. The number of halogens is 1. The molecule has 0 aliphatic carbocycles. The van der Waals surface area contributed by atoms with Crippen molar-refractivity contribution in [3.63, 3.8) is 0 Å². The third-order valence-corrected chi connectivity index (χ3v) is 4.75. The molecule has 0 aliphatic heterocycles. The van der Waals surface area contributed by atoms with Gasteiger partial charge >= 0.3 is 0 Å². The van der Waals surface area contributed by atoms with E-state index in [9.17, 15) is 0 Å². The van der Waals surface area contributed by atoms with Gasteiger partial charge < -0.3 is 0 Å². The molecule has 13 heavy (non-hydrogen) atoms. The number of thioether (sulfide) groups is 1. The van der Waals surface area contributed by atoms with Crippen molar-refractivity contribution in [1.29, 1.82) is 5.26 Å². The molecule has 0 amide bonds. The van der Waals surface area contributed by atoms with Crippen LogP contribution in [0.4, 0.5) is 0 Å². The van der Waals surface area contributed by atoms with Crippen molar-refractivity contribution in [3.05, 3.63) is 15.9 Å². The smallest absolute Gasteiger partial charge is 0.0994 e. The Balaban J connectivity index is 2.63. The average molecular weight is 276 g/mol. The molecule has 4 heteroatoms. The molecule has 1 unspecified atom stereocenters. The Hall–Kier alpha value is 0.0200. The predicted molar refractivity (Wildman–Crippen MR) is 62.1 cm³/mol. The van der Waals surface area contributed by atoms with Crippen LogP contribution >= 0.6 is 39.0 Å². The van der Waals surface area contributed by atoms with Gasteiger partial charge in [-0.2, -0.15) is 5.26 Å². The zero-order valence-corrected chi connectivity index (χ0v) is 10.7. The van der Waals surface area contributed by atoms with Crippen LogP contribution in [0.2, 0.25) is 0 Å². The summed E-state index contributed by atoms with van der Waals surface area (Å²) >= 11 is 6.73. The standard InChI is InChI=1S/C9H10BrNS2/c1-6(2)7(5-11)12-9-4-3-8(10)13-9/h3-4,6-7H,1-2H3. The molecular weight excluding hydrogens is 266 g/mol. The van der Waals surface area contributed by atoms with E-state index in [4.69, 9.17) is 5.26 Å². The van der Waals surface area contributed by atoms with Crippen molar-refractivity contribution in [2.75, 3.05) is 0 Å². The fourth-order valence-electron chi connectivity index (χ4n) is 0.798. The number of nitriles is 1. The summed E-state index contributed by atoms with van der Waals surface area (Å²) in [5, 5.41) is 8.95. The molecule has 0 aromatic carbocycles. The van der Waals surface area contributed by atoms with Crippen LogP contribution in [0.15, 0.2) is 20.1 Å². The van der Waals surface area contributed by atoms with Gasteiger partial charge in [0, 0.05) is 0 Å². The minimum Gasteiger partial charge on any atom is -0.197 e. The fourth-order valence-corrected chi connectivity index (χ4v) is 3.73. The first-order valence-electron chi connectivity index (χ1n) is 3.95. The van der Waals surface area contributed by atoms with Crippen LogP contribution in [-0.4, -0.2) is 5.25 Å². The van der Waals surface area contributed by atoms with Crippen LogP contribution < -0.4 is 0 Å². The van der Waals surface area contributed by atoms with E-state index in [0.29, 0.717) is 5.92 Å². The Morgan fingerprint density at radius 2 is 2.23 bits per heavy atom. The van der Waals surface area contributed by atoms with Gasteiger partial charge in [0.15, 0.2) is 0 Å². The molecule has 0 radical (unpaired) electrons. The number of thiophene rings is 1. The van der Waals surface area contributed by atoms with Crippen molar-refractivity contribution in [1.82, 2.24) is 0 Å². The summed E-state index contributed by atoms with van der Waals surface area (Å²) in [4.78, 5) is 0. The zero-order chi connectivity index (χ0) is 9.84. The van der Waals surface area contributed by atoms with Crippen LogP contribution in [-0.2, 0) is 0 Å². The summed E-state index contributed by atoms with van der Waals surface area (Å²) in [5.41, 5.74) is 0. The topological polar surface area (TPSA) is 23.8 Å². The molecule has 0 saturated carbocycles. The van der Waals surface area contributed by atoms with Crippen LogP contribution in [0.1, 0.15) is 13.8 Å². The third-order valence-electron chi connectivity index (χ3n) is 1.52. The average Bonchev–Trinajstić information content (AvgIpc) is 2.46. The molecule has 0 N–H and O–H groups in total. The molecular formula is C9H10BrNS2. The van der Waals surface area contributed by atoms with E-state index < -0.39 is 0 Å². The summed E-state index contributed by atoms with van der Waals surface area (Å²) < 4.78 is 2.32. The molecule has 0 fully saturated rings. The SMILES string of the molecule is CC(C)C(C#N)Sc1ccc(Br)s1. The number of rotatable bonds is 3. The first kappa shape index (κ1) is 11.1. The lowest BCUT2D eigenvalue weighted by Gasteiger charge is -2.09. The second-order valence-electron chi connectivity index (χ2n) is 2.97. The van der Waals surface area contributed by atoms with Crippen molar-refractivity contribution < 1.29 is 0 Å². The Labute approximate surface area is 95.3 Å². The van der Waals surface area contributed by atoms with Crippen LogP contribution in [0.3, 0.4) is 0 Å². The van der Waals surface area contributed by atoms with Gasteiger partial charge in [-0.05, 0) is 34.0 Å². The molecule has 0 saturated heterocycles. The van der Waals surface area contributed by atoms with Gasteiger partial charge in [0.2, 0.25) is 0 Å². The number of nitrogens with zero attached hydrogens (tertiary/aromatic N) is 1. The number of hydrogen-bond acceptors (Lipinski definition) is 3.